The molecule has 0 spiro atoms. The van der Waals surface area contributed by atoms with Crippen LogP contribution in [0.15, 0.2) is 4.99 Å². The minimum absolute atomic E-state index is 0.0348. The topological polar surface area (TPSA) is 154 Å². The second-order valence-electron chi connectivity index (χ2n) is 3.72. The van der Waals surface area contributed by atoms with Crippen molar-refractivity contribution in [1.82, 2.24) is 0 Å². The highest BCUT2D eigenvalue weighted by atomic mass is 16.6. The summed E-state index contributed by atoms with van der Waals surface area (Å²) in [7, 11) is 0. The van der Waals surface area contributed by atoms with E-state index in [-0.39, 0.29) is 18.8 Å². The normalized spacial score (nSPS) is 13.5. The van der Waals surface area contributed by atoms with Crippen LogP contribution in [0.4, 0.5) is 0 Å². The fraction of sp³-hybridized carbons (Fsp3) is 0.700. The lowest BCUT2D eigenvalue weighted by Gasteiger charge is -2.11. The number of ether oxygens (including phenoxy) is 1. The predicted octanol–water partition coefficient (Wildman–Crippen LogP) is -1.79. The maximum Gasteiger partial charge on any atom is 0.342 e. The van der Waals surface area contributed by atoms with E-state index in [1.807, 2.05) is 0 Å². The zero-order valence-electron chi connectivity index (χ0n) is 10.3. The molecule has 7 N–H and O–H groups in total. The zero-order chi connectivity index (χ0) is 14.1. The summed E-state index contributed by atoms with van der Waals surface area (Å²) in [5.41, 5.74) is 15.7. The molecule has 0 rings (SSSR count). The SMILES string of the molecule is CCC(O)C(=O)OC(=O)[C@@H](N)CCCN=C(N)N. The molecule has 0 saturated heterocycles. The molecule has 0 amide bonds. The molecule has 0 aromatic heterocycles. The van der Waals surface area contributed by atoms with Crippen LogP contribution in [0.1, 0.15) is 26.2 Å². The van der Waals surface area contributed by atoms with E-state index in [9.17, 15) is 9.59 Å². The highest BCUT2D eigenvalue weighted by Crippen LogP contribution is 2.00. The van der Waals surface area contributed by atoms with Crippen LogP contribution in [0, 0.1) is 0 Å². The lowest BCUT2D eigenvalue weighted by molar-refractivity contribution is -0.166. The van der Waals surface area contributed by atoms with Crippen LogP contribution in [0.25, 0.3) is 0 Å². The number of aliphatic hydroxyl groups excluding tert-OH is 1. The zero-order valence-corrected chi connectivity index (χ0v) is 10.3. The van der Waals surface area contributed by atoms with Gasteiger partial charge in [-0.3, -0.25) is 4.99 Å². The monoisotopic (exact) mass is 260 g/mol. The van der Waals surface area contributed by atoms with E-state index < -0.39 is 24.1 Å². The number of esters is 2. The van der Waals surface area contributed by atoms with Crippen LogP contribution in [0.3, 0.4) is 0 Å². The summed E-state index contributed by atoms with van der Waals surface area (Å²) in [5.74, 6) is -1.88. The Morgan fingerprint density at radius 2 is 1.94 bits per heavy atom. The molecular formula is C10H20N4O4. The molecule has 0 aromatic carbocycles. The minimum Gasteiger partial charge on any atom is -0.390 e. The molecule has 0 aliphatic rings. The Morgan fingerprint density at radius 1 is 1.33 bits per heavy atom. The Balaban J connectivity index is 3.96. The first-order chi connectivity index (χ1) is 8.38. The van der Waals surface area contributed by atoms with Gasteiger partial charge in [-0.15, -0.1) is 0 Å². The summed E-state index contributed by atoms with van der Waals surface area (Å²) in [6, 6.07) is -0.938. The first kappa shape index (κ1) is 16.3. The molecule has 0 heterocycles. The van der Waals surface area contributed by atoms with Gasteiger partial charge in [-0.25, -0.2) is 9.59 Å². The highest BCUT2D eigenvalue weighted by molar-refractivity contribution is 5.90. The fourth-order valence-corrected chi connectivity index (χ4v) is 1.05. The fourth-order valence-electron chi connectivity index (χ4n) is 1.05. The lowest BCUT2D eigenvalue weighted by atomic mass is 10.2. The summed E-state index contributed by atoms with van der Waals surface area (Å²) in [6.45, 7) is 1.93. The van der Waals surface area contributed by atoms with Crippen molar-refractivity contribution in [2.45, 2.75) is 38.3 Å². The highest BCUT2D eigenvalue weighted by Gasteiger charge is 2.22. The van der Waals surface area contributed by atoms with Gasteiger partial charge in [0.1, 0.15) is 6.04 Å². The average molecular weight is 260 g/mol. The molecule has 0 radical (unpaired) electrons. The van der Waals surface area contributed by atoms with Crippen molar-refractivity contribution in [2.24, 2.45) is 22.2 Å². The summed E-state index contributed by atoms with van der Waals surface area (Å²) < 4.78 is 4.40. The van der Waals surface area contributed by atoms with Crippen molar-refractivity contribution in [3.63, 3.8) is 0 Å². The number of guanidine groups is 1. The number of hydrogen-bond donors (Lipinski definition) is 4. The molecular weight excluding hydrogens is 240 g/mol. The number of nitrogens with zero attached hydrogens (tertiary/aromatic N) is 1. The average Bonchev–Trinajstić information content (AvgIpc) is 2.32. The van der Waals surface area contributed by atoms with Crippen LogP contribution in [-0.4, -0.2) is 41.7 Å². The van der Waals surface area contributed by atoms with E-state index in [1.165, 1.54) is 0 Å². The molecule has 0 saturated carbocycles. The first-order valence-corrected chi connectivity index (χ1v) is 5.63. The van der Waals surface area contributed by atoms with E-state index in [1.54, 1.807) is 6.92 Å². The second-order valence-corrected chi connectivity index (χ2v) is 3.72. The number of rotatable bonds is 7. The number of nitrogens with two attached hydrogens (primary N) is 3. The van der Waals surface area contributed by atoms with Crippen LogP contribution in [-0.2, 0) is 14.3 Å². The quantitative estimate of drug-likeness (QED) is 0.138. The molecule has 0 bridgehead atoms. The number of aliphatic hydroxyl groups is 1. The largest absolute Gasteiger partial charge is 0.390 e. The van der Waals surface area contributed by atoms with Gasteiger partial charge >= 0.3 is 11.9 Å². The van der Waals surface area contributed by atoms with Gasteiger partial charge in [0.15, 0.2) is 12.1 Å². The minimum atomic E-state index is -1.30. The molecule has 8 heteroatoms. The molecule has 18 heavy (non-hydrogen) atoms. The third-order valence-corrected chi connectivity index (χ3v) is 2.13. The second kappa shape index (κ2) is 8.43. The van der Waals surface area contributed by atoms with Crippen LogP contribution < -0.4 is 17.2 Å². The molecule has 104 valence electrons. The summed E-state index contributed by atoms with van der Waals surface area (Å²) in [5, 5.41) is 9.12. The first-order valence-electron chi connectivity index (χ1n) is 5.63. The Hall–Kier alpha value is -1.67. The Morgan fingerprint density at radius 3 is 2.44 bits per heavy atom. The molecule has 0 aromatic rings. The third-order valence-electron chi connectivity index (χ3n) is 2.13. The Kier molecular flexibility index (Phi) is 7.64. The predicted molar refractivity (Wildman–Crippen MR) is 65.3 cm³/mol. The smallest absolute Gasteiger partial charge is 0.342 e. The van der Waals surface area contributed by atoms with Gasteiger partial charge in [-0.2, -0.15) is 0 Å². The van der Waals surface area contributed by atoms with Gasteiger partial charge in [0.25, 0.3) is 0 Å². The third kappa shape index (κ3) is 6.81. The van der Waals surface area contributed by atoms with Gasteiger partial charge in [0.2, 0.25) is 0 Å². The van der Waals surface area contributed by atoms with Gasteiger partial charge in [-0.05, 0) is 19.3 Å². The van der Waals surface area contributed by atoms with Gasteiger partial charge < -0.3 is 27.0 Å². The molecule has 1 unspecified atom stereocenters. The molecule has 2 atom stereocenters. The van der Waals surface area contributed by atoms with Crippen molar-refractivity contribution in [2.75, 3.05) is 6.54 Å². The van der Waals surface area contributed by atoms with Crippen molar-refractivity contribution >= 4 is 17.9 Å². The van der Waals surface area contributed by atoms with E-state index in [2.05, 4.69) is 9.73 Å². The van der Waals surface area contributed by atoms with Gasteiger partial charge in [0, 0.05) is 6.54 Å². The molecule has 0 aliphatic carbocycles. The van der Waals surface area contributed by atoms with Crippen LogP contribution in [0.5, 0.6) is 0 Å². The molecule has 0 fully saturated rings. The van der Waals surface area contributed by atoms with Gasteiger partial charge in [0.05, 0.1) is 0 Å². The number of carbonyl (C=O) groups excluding carboxylic acids is 2. The van der Waals surface area contributed by atoms with Crippen molar-refractivity contribution in [1.29, 1.82) is 0 Å². The van der Waals surface area contributed by atoms with E-state index in [0.29, 0.717) is 13.0 Å². The van der Waals surface area contributed by atoms with Crippen LogP contribution >= 0.6 is 0 Å². The molecule has 8 nitrogen and oxygen atoms in total. The van der Waals surface area contributed by atoms with E-state index in [0.717, 1.165) is 0 Å². The van der Waals surface area contributed by atoms with Gasteiger partial charge in [-0.1, -0.05) is 6.92 Å². The van der Waals surface area contributed by atoms with Crippen molar-refractivity contribution < 1.29 is 19.4 Å². The number of hydrogen-bond acceptors (Lipinski definition) is 6. The summed E-state index contributed by atoms with van der Waals surface area (Å²) in [4.78, 5) is 26.2. The Bertz CT molecular complexity index is 315. The standard InChI is InChI=1S/C10H20N4O4/c1-2-7(15)9(17)18-8(16)6(11)4-3-5-14-10(12)13/h6-7,15H,2-5,11H2,1H3,(H4,12,13,14)/t6-,7?/m0/s1. The van der Waals surface area contributed by atoms with Crippen LogP contribution in [0.2, 0.25) is 0 Å². The summed E-state index contributed by atoms with van der Waals surface area (Å²) >= 11 is 0. The number of aliphatic imine (C=N–C) groups is 1. The van der Waals surface area contributed by atoms with Crippen molar-refractivity contribution in [3.05, 3.63) is 0 Å². The lowest BCUT2D eigenvalue weighted by Crippen LogP contribution is -2.36. The molecule has 0 aliphatic heterocycles. The number of carbonyl (C=O) groups is 2. The Labute approximate surface area is 105 Å². The summed E-state index contributed by atoms with van der Waals surface area (Å²) in [6.07, 6.45) is -0.363. The van der Waals surface area contributed by atoms with E-state index in [4.69, 9.17) is 22.3 Å². The van der Waals surface area contributed by atoms with Crippen molar-refractivity contribution in [3.8, 4) is 0 Å². The maximum absolute atomic E-state index is 11.3. The maximum atomic E-state index is 11.3. The van der Waals surface area contributed by atoms with E-state index >= 15 is 0 Å².